The second kappa shape index (κ2) is 5.61. The molecule has 0 bridgehead atoms. The highest BCUT2D eigenvalue weighted by molar-refractivity contribution is 6.32. The second-order valence-corrected chi connectivity index (χ2v) is 4.55. The van der Waals surface area contributed by atoms with E-state index in [0.29, 0.717) is 11.6 Å². The molecule has 1 aromatic heterocycles. The summed E-state index contributed by atoms with van der Waals surface area (Å²) < 4.78 is 39.7. The number of aromatic hydroxyl groups is 1. The Bertz CT molecular complexity index is 738. The molecule has 0 spiro atoms. The lowest BCUT2D eigenvalue weighted by Gasteiger charge is -2.09. The Hall–Kier alpha value is -2.28. The van der Waals surface area contributed by atoms with Crippen molar-refractivity contribution < 1.29 is 23.1 Å². The Kier molecular flexibility index (Phi) is 4.04. The van der Waals surface area contributed by atoms with Crippen molar-refractivity contribution in [2.75, 3.05) is 5.32 Å². The van der Waals surface area contributed by atoms with Gasteiger partial charge in [0.05, 0.1) is 11.3 Å². The molecule has 0 fully saturated rings. The first-order valence-corrected chi connectivity index (χ1v) is 5.99. The molecule has 8 heteroatoms. The number of anilines is 1. The van der Waals surface area contributed by atoms with E-state index in [9.17, 15) is 18.0 Å². The van der Waals surface area contributed by atoms with E-state index < -0.39 is 34.7 Å². The van der Waals surface area contributed by atoms with Gasteiger partial charge >= 0.3 is 0 Å². The average Bonchev–Trinajstić information content (AvgIpc) is 2.44. The van der Waals surface area contributed by atoms with Gasteiger partial charge in [0.1, 0.15) is 0 Å². The molecule has 0 radical (unpaired) electrons. The highest BCUT2D eigenvalue weighted by Crippen LogP contribution is 2.27. The smallest absolute Gasteiger partial charge is 0.258 e. The number of phenols is 1. The largest absolute Gasteiger partial charge is 0.503 e. The maximum Gasteiger partial charge on any atom is 0.258 e. The first-order chi connectivity index (χ1) is 9.81. The summed E-state index contributed by atoms with van der Waals surface area (Å²) in [5.41, 5.74) is -0.113. The first-order valence-electron chi connectivity index (χ1n) is 5.61. The summed E-state index contributed by atoms with van der Waals surface area (Å²) in [6.45, 7) is 1.68. The Balaban J connectivity index is 2.40. The van der Waals surface area contributed by atoms with Gasteiger partial charge in [0.15, 0.2) is 22.5 Å². The third-order valence-electron chi connectivity index (χ3n) is 2.60. The van der Waals surface area contributed by atoms with Crippen LogP contribution in [0.5, 0.6) is 5.75 Å². The zero-order valence-corrected chi connectivity index (χ0v) is 11.3. The van der Waals surface area contributed by atoms with E-state index >= 15 is 0 Å². The molecule has 0 saturated carbocycles. The number of carbonyl (C=O) groups is 1. The predicted octanol–water partition coefficient (Wildman–Crippen LogP) is 3.42. The van der Waals surface area contributed by atoms with Crippen molar-refractivity contribution in [1.82, 2.24) is 4.98 Å². The van der Waals surface area contributed by atoms with Crippen molar-refractivity contribution in [2.45, 2.75) is 6.92 Å². The van der Waals surface area contributed by atoms with Crippen LogP contribution in [0, 0.1) is 24.4 Å². The molecule has 0 aliphatic carbocycles. The molecular formula is C13H8ClF3N2O2. The number of nitrogens with zero attached hydrogens (tertiary/aromatic N) is 1. The molecule has 0 aliphatic heterocycles. The van der Waals surface area contributed by atoms with Crippen LogP contribution in [0.15, 0.2) is 18.3 Å². The van der Waals surface area contributed by atoms with Gasteiger partial charge in [0.25, 0.3) is 5.91 Å². The lowest BCUT2D eigenvalue weighted by Crippen LogP contribution is -2.15. The molecule has 0 saturated heterocycles. The zero-order chi connectivity index (χ0) is 15.7. The van der Waals surface area contributed by atoms with Crippen molar-refractivity contribution in [1.29, 1.82) is 0 Å². The van der Waals surface area contributed by atoms with Crippen molar-refractivity contribution in [3.05, 3.63) is 52.1 Å². The molecule has 0 aliphatic rings. The van der Waals surface area contributed by atoms with Gasteiger partial charge in [-0.1, -0.05) is 11.6 Å². The molecule has 21 heavy (non-hydrogen) atoms. The molecular weight excluding hydrogens is 309 g/mol. The number of hydrogen-bond acceptors (Lipinski definition) is 3. The summed E-state index contributed by atoms with van der Waals surface area (Å²) in [4.78, 5) is 15.6. The van der Waals surface area contributed by atoms with Crippen LogP contribution in [-0.2, 0) is 0 Å². The Labute approximate surface area is 122 Å². The van der Waals surface area contributed by atoms with Crippen LogP contribution >= 0.6 is 11.6 Å². The van der Waals surface area contributed by atoms with Crippen LogP contribution in [0.25, 0.3) is 0 Å². The fourth-order valence-electron chi connectivity index (χ4n) is 1.59. The van der Waals surface area contributed by atoms with Gasteiger partial charge in [-0.15, -0.1) is 0 Å². The standard InChI is InChI=1S/C13H8ClF3N2O2/c1-5-2-8(12(14)18-4-5)19-13(21)6-3-7(15)10(17)11(20)9(6)16/h2-4,20H,1H3,(H,19,21). The number of nitrogens with one attached hydrogen (secondary N) is 1. The lowest BCUT2D eigenvalue weighted by molar-refractivity contribution is 0.102. The van der Waals surface area contributed by atoms with Gasteiger partial charge in [-0.2, -0.15) is 4.39 Å². The molecule has 0 unspecified atom stereocenters. The Morgan fingerprint density at radius 1 is 1.29 bits per heavy atom. The van der Waals surface area contributed by atoms with Crippen LogP contribution < -0.4 is 5.32 Å². The molecule has 1 heterocycles. The number of hydrogen-bond donors (Lipinski definition) is 2. The highest BCUT2D eigenvalue weighted by atomic mass is 35.5. The summed E-state index contributed by atoms with van der Waals surface area (Å²) in [6, 6.07) is 1.81. The third kappa shape index (κ3) is 2.92. The van der Waals surface area contributed by atoms with Gasteiger partial charge in [0.2, 0.25) is 5.82 Å². The molecule has 1 amide bonds. The quantitative estimate of drug-likeness (QED) is 0.659. The average molecular weight is 317 g/mol. The summed E-state index contributed by atoms with van der Waals surface area (Å²) >= 11 is 5.75. The van der Waals surface area contributed by atoms with Gasteiger partial charge < -0.3 is 10.4 Å². The molecule has 2 rings (SSSR count). The minimum Gasteiger partial charge on any atom is -0.503 e. The topological polar surface area (TPSA) is 62.2 Å². The Morgan fingerprint density at radius 2 is 1.95 bits per heavy atom. The number of carbonyl (C=O) groups excluding carboxylic acids is 1. The summed E-state index contributed by atoms with van der Waals surface area (Å²) in [7, 11) is 0. The van der Waals surface area contributed by atoms with Crippen LogP contribution in [0.3, 0.4) is 0 Å². The van der Waals surface area contributed by atoms with Gasteiger partial charge in [0, 0.05) is 6.20 Å². The minimum absolute atomic E-state index is 0.0545. The minimum atomic E-state index is -1.76. The SMILES string of the molecule is Cc1cnc(Cl)c(NC(=O)c2cc(F)c(F)c(O)c2F)c1. The van der Waals surface area contributed by atoms with Gasteiger partial charge in [-0.05, 0) is 24.6 Å². The van der Waals surface area contributed by atoms with Gasteiger partial charge in [-0.3, -0.25) is 4.79 Å². The number of halogens is 4. The van der Waals surface area contributed by atoms with Crippen LogP contribution in [0.1, 0.15) is 15.9 Å². The fourth-order valence-corrected chi connectivity index (χ4v) is 1.74. The number of aromatic nitrogens is 1. The Morgan fingerprint density at radius 3 is 2.62 bits per heavy atom. The maximum absolute atomic E-state index is 13.6. The molecule has 1 aromatic carbocycles. The van der Waals surface area contributed by atoms with E-state index in [4.69, 9.17) is 16.7 Å². The van der Waals surface area contributed by atoms with E-state index in [1.165, 1.54) is 12.3 Å². The van der Waals surface area contributed by atoms with Crippen LogP contribution in [0.4, 0.5) is 18.9 Å². The van der Waals surface area contributed by atoms with E-state index in [-0.39, 0.29) is 10.8 Å². The van der Waals surface area contributed by atoms with E-state index in [1.807, 2.05) is 0 Å². The molecule has 0 atom stereocenters. The predicted molar refractivity (Wildman–Crippen MR) is 69.9 cm³/mol. The van der Waals surface area contributed by atoms with Crippen molar-refractivity contribution in [3.8, 4) is 5.75 Å². The summed E-state index contributed by atoms with van der Waals surface area (Å²) in [5, 5.41) is 11.2. The number of pyridine rings is 1. The van der Waals surface area contributed by atoms with E-state index in [1.54, 1.807) is 6.92 Å². The number of rotatable bonds is 2. The number of amides is 1. The molecule has 110 valence electrons. The van der Waals surface area contributed by atoms with Crippen molar-refractivity contribution in [2.24, 2.45) is 0 Å². The number of phenolic OH excluding ortho intramolecular Hbond substituents is 1. The monoisotopic (exact) mass is 316 g/mol. The summed E-state index contributed by atoms with van der Waals surface area (Å²) in [6.07, 6.45) is 1.45. The molecule has 2 N–H and O–H groups in total. The molecule has 2 aromatic rings. The maximum atomic E-state index is 13.6. The second-order valence-electron chi connectivity index (χ2n) is 4.19. The number of benzene rings is 1. The molecule has 4 nitrogen and oxygen atoms in total. The van der Waals surface area contributed by atoms with Crippen LogP contribution in [-0.4, -0.2) is 16.0 Å². The summed E-state index contributed by atoms with van der Waals surface area (Å²) in [5.74, 6) is -7.54. The van der Waals surface area contributed by atoms with Crippen molar-refractivity contribution >= 4 is 23.2 Å². The highest BCUT2D eigenvalue weighted by Gasteiger charge is 2.23. The zero-order valence-electron chi connectivity index (χ0n) is 10.5. The fraction of sp³-hybridized carbons (Fsp3) is 0.0769. The van der Waals surface area contributed by atoms with Crippen molar-refractivity contribution in [3.63, 3.8) is 0 Å². The van der Waals surface area contributed by atoms with Crippen LogP contribution in [0.2, 0.25) is 5.15 Å². The first kappa shape index (κ1) is 15.1. The third-order valence-corrected chi connectivity index (χ3v) is 2.90. The van der Waals surface area contributed by atoms with Gasteiger partial charge in [-0.25, -0.2) is 13.8 Å². The van der Waals surface area contributed by atoms with E-state index in [2.05, 4.69) is 10.3 Å². The normalized spacial score (nSPS) is 10.5. The number of aryl methyl sites for hydroxylation is 1. The van der Waals surface area contributed by atoms with E-state index in [0.717, 1.165) is 0 Å². The lowest BCUT2D eigenvalue weighted by atomic mass is 10.1.